The number of dihydropyridines is 1. The number of rotatable bonds is 3. The van der Waals surface area contributed by atoms with Gasteiger partial charge in [0.25, 0.3) is 0 Å². The largest absolute Gasteiger partial charge is 0.478 e. The van der Waals surface area contributed by atoms with E-state index in [0.29, 0.717) is 17.0 Å². The number of ether oxygens (including phenoxy) is 1. The predicted molar refractivity (Wildman–Crippen MR) is 69.6 cm³/mol. The number of aliphatic carboxylic acids is 1. The second-order valence-corrected chi connectivity index (χ2v) is 4.49. The average Bonchev–Trinajstić information content (AvgIpc) is 2.90. The Bertz CT molecular complexity index is 610. The molecule has 20 heavy (non-hydrogen) atoms. The van der Waals surface area contributed by atoms with E-state index in [4.69, 9.17) is 9.15 Å². The minimum atomic E-state index is -1.09. The van der Waals surface area contributed by atoms with Crippen molar-refractivity contribution in [1.29, 1.82) is 0 Å². The highest BCUT2D eigenvalue weighted by molar-refractivity contribution is 5.99. The minimum absolute atomic E-state index is 0.109. The Balaban J connectivity index is 2.63. The maximum absolute atomic E-state index is 12.0. The molecule has 1 aromatic rings. The molecular formula is C14H15NO5. The number of hydrogen-bond donors (Lipinski definition) is 2. The summed E-state index contributed by atoms with van der Waals surface area (Å²) in [5, 5.41) is 12.3. The fourth-order valence-electron chi connectivity index (χ4n) is 2.43. The molecule has 1 aromatic heterocycles. The Morgan fingerprint density at radius 3 is 2.45 bits per heavy atom. The van der Waals surface area contributed by atoms with Gasteiger partial charge < -0.3 is 19.6 Å². The summed E-state index contributed by atoms with van der Waals surface area (Å²) in [5.41, 5.74) is 2.05. The number of carbonyl (C=O) groups excluding carboxylic acids is 1. The second-order valence-electron chi connectivity index (χ2n) is 4.49. The maximum Gasteiger partial charge on any atom is 0.336 e. The molecule has 2 heterocycles. The highest BCUT2D eigenvalue weighted by atomic mass is 16.5. The average molecular weight is 277 g/mol. The van der Waals surface area contributed by atoms with Crippen molar-refractivity contribution in [2.75, 3.05) is 7.11 Å². The number of carboxylic acids is 1. The highest BCUT2D eigenvalue weighted by Gasteiger charge is 2.37. The third-order valence-electron chi connectivity index (χ3n) is 3.27. The second kappa shape index (κ2) is 5.24. The summed E-state index contributed by atoms with van der Waals surface area (Å²) in [7, 11) is 1.26. The first-order valence-electron chi connectivity index (χ1n) is 5.99. The van der Waals surface area contributed by atoms with E-state index in [9.17, 15) is 14.7 Å². The summed E-state index contributed by atoms with van der Waals surface area (Å²) in [6, 6.07) is 1.64. The summed E-state index contributed by atoms with van der Waals surface area (Å²) in [6.45, 7) is 3.37. The van der Waals surface area contributed by atoms with E-state index in [2.05, 4.69) is 5.32 Å². The summed E-state index contributed by atoms with van der Waals surface area (Å²) >= 11 is 0. The van der Waals surface area contributed by atoms with Crippen molar-refractivity contribution in [2.45, 2.75) is 19.8 Å². The van der Waals surface area contributed by atoms with Gasteiger partial charge in [-0.2, -0.15) is 0 Å². The van der Waals surface area contributed by atoms with E-state index < -0.39 is 17.9 Å². The van der Waals surface area contributed by atoms with Crippen LogP contribution in [0, 0.1) is 0 Å². The number of carbonyl (C=O) groups is 2. The monoisotopic (exact) mass is 277 g/mol. The van der Waals surface area contributed by atoms with Crippen molar-refractivity contribution in [3.05, 3.63) is 46.7 Å². The summed E-state index contributed by atoms with van der Waals surface area (Å²) < 4.78 is 9.79. The van der Waals surface area contributed by atoms with E-state index in [1.165, 1.54) is 19.6 Å². The van der Waals surface area contributed by atoms with Crippen LogP contribution >= 0.6 is 0 Å². The molecule has 1 aliphatic heterocycles. The van der Waals surface area contributed by atoms with Crippen LogP contribution in [0.5, 0.6) is 0 Å². The van der Waals surface area contributed by atoms with Crippen molar-refractivity contribution in [2.24, 2.45) is 0 Å². The van der Waals surface area contributed by atoms with Crippen LogP contribution in [0.1, 0.15) is 25.3 Å². The van der Waals surface area contributed by atoms with Gasteiger partial charge in [-0.25, -0.2) is 9.59 Å². The van der Waals surface area contributed by atoms with Gasteiger partial charge in [-0.15, -0.1) is 0 Å². The van der Waals surface area contributed by atoms with Gasteiger partial charge in [0.2, 0.25) is 0 Å². The lowest BCUT2D eigenvalue weighted by atomic mass is 9.81. The van der Waals surface area contributed by atoms with E-state index >= 15 is 0 Å². The molecule has 2 rings (SSSR count). The van der Waals surface area contributed by atoms with Crippen molar-refractivity contribution < 1.29 is 23.8 Å². The first kappa shape index (κ1) is 13.9. The van der Waals surface area contributed by atoms with Crippen LogP contribution in [0.3, 0.4) is 0 Å². The molecule has 0 spiro atoms. The van der Waals surface area contributed by atoms with Crippen LogP contribution in [0.25, 0.3) is 0 Å². The highest BCUT2D eigenvalue weighted by Crippen LogP contribution is 2.38. The lowest BCUT2D eigenvalue weighted by molar-refractivity contribution is -0.136. The Kier molecular flexibility index (Phi) is 3.65. The van der Waals surface area contributed by atoms with Crippen LogP contribution in [0.2, 0.25) is 0 Å². The van der Waals surface area contributed by atoms with Crippen molar-refractivity contribution in [3.63, 3.8) is 0 Å². The van der Waals surface area contributed by atoms with E-state index in [-0.39, 0.29) is 11.1 Å². The first-order chi connectivity index (χ1) is 9.47. The molecule has 6 nitrogen and oxygen atoms in total. The Morgan fingerprint density at radius 2 is 1.95 bits per heavy atom. The fraction of sp³-hybridized carbons (Fsp3) is 0.286. The van der Waals surface area contributed by atoms with Crippen molar-refractivity contribution in [3.8, 4) is 0 Å². The molecule has 1 unspecified atom stereocenters. The zero-order chi connectivity index (χ0) is 14.9. The van der Waals surface area contributed by atoms with Crippen molar-refractivity contribution in [1.82, 2.24) is 5.32 Å². The van der Waals surface area contributed by atoms with Gasteiger partial charge in [-0.05, 0) is 19.9 Å². The van der Waals surface area contributed by atoms with Crippen LogP contribution in [-0.2, 0) is 14.3 Å². The van der Waals surface area contributed by atoms with Gasteiger partial charge in [0.05, 0.1) is 36.7 Å². The Labute approximate surface area is 115 Å². The SMILES string of the molecule is COC(=O)C1=C(C)NC(C)=C(C(=O)O)C1c1ccoc1. The summed E-state index contributed by atoms with van der Waals surface area (Å²) in [5.74, 6) is -2.36. The maximum atomic E-state index is 12.0. The smallest absolute Gasteiger partial charge is 0.336 e. The quantitative estimate of drug-likeness (QED) is 0.818. The molecule has 0 amide bonds. The van der Waals surface area contributed by atoms with Gasteiger partial charge >= 0.3 is 11.9 Å². The molecule has 1 atom stereocenters. The molecule has 0 saturated carbocycles. The topological polar surface area (TPSA) is 88.8 Å². The fourth-order valence-corrected chi connectivity index (χ4v) is 2.43. The zero-order valence-electron chi connectivity index (χ0n) is 11.4. The number of nitrogens with one attached hydrogen (secondary N) is 1. The van der Waals surface area contributed by atoms with Gasteiger partial charge in [0, 0.05) is 17.0 Å². The van der Waals surface area contributed by atoms with Crippen LogP contribution in [-0.4, -0.2) is 24.2 Å². The molecule has 1 aliphatic rings. The van der Waals surface area contributed by atoms with Crippen LogP contribution in [0.15, 0.2) is 45.6 Å². The molecular weight excluding hydrogens is 262 g/mol. The number of carboxylic acid groups (broad SMARTS) is 1. The standard InChI is InChI=1S/C14H15NO5/c1-7-10(13(16)17)12(9-4-5-20-6-9)11(8(2)15-7)14(18)19-3/h4-6,12,15H,1-3H3,(H,16,17). The third kappa shape index (κ3) is 2.20. The summed E-state index contributed by atoms with van der Waals surface area (Å²) in [6.07, 6.45) is 2.87. The Morgan fingerprint density at radius 1 is 1.30 bits per heavy atom. The van der Waals surface area contributed by atoms with Crippen molar-refractivity contribution >= 4 is 11.9 Å². The predicted octanol–water partition coefficient (Wildman–Crippen LogP) is 1.77. The first-order valence-corrected chi connectivity index (χ1v) is 5.99. The molecule has 0 aromatic carbocycles. The van der Waals surface area contributed by atoms with E-state index in [1.54, 1.807) is 19.9 Å². The molecule has 6 heteroatoms. The number of hydrogen-bond acceptors (Lipinski definition) is 5. The number of methoxy groups -OCH3 is 1. The molecule has 106 valence electrons. The van der Waals surface area contributed by atoms with Crippen LogP contribution < -0.4 is 5.32 Å². The summed E-state index contributed by atoms with van der Waals surface area (Å²) in [4.78, 5) is 23.5. The molecule has 0 radical (unpaired) electrons. The zero-order valence-corrected chi connectivity index (χ0v) is 11.4. The molecule has 0 bridgehead atoms. The van der Waals surface area contributed by atoms with Gasteiger partial charge in [-0.3, -0.25) is 0 Å². The normalized spacial score (nSPS) is 18.9. The minimum Gasteiger partial charge on any atom is -0.478 e. The lowest BCUT2D eigenvalue weighted by Gasteiger charge is -2.28. The number of esters is 1. The van der Waals surface area contributed by atoms with Gasteiger partial charge in [-0.1, -0.05) is 0 Å². The number of furan rings is 1. The van der Waals surface area contributed by atoms with Gasteiger partial charge in [0.1, 0.15) is 0 Å². The molecule has 0 fully saturated rings. The van der Waals surface area contributed by atoms with Gasteiger partial charge in [0.15, 0.2) is 0 Å². The molecule has 0 saturated heterocycles. The Hall–Kier alpha value is -2.50. The van der Waals surface area contributed by atoms with Crippen LogP contribution in [0.4, 0.5) is 0 Å². The number of allylic oxidation sites excluding steroid dienone is 2. The van der Waals surface area contributed by atoms with E-state index in [1.807, 2.05) is 0 Å². The van der Waals surface area contributed by atoms with E-state index in [0.717, 1.165) is 0 Å². The molecule has 0 aliphatic carbocycles. The molecule has 2 N–H and O–H groups in total. The lowest BCUT2D eigenvalue weighted by Crippen LogP contribution is -2.31. The third-order valence-corrected chi connectivity index (χ3v) is 3.27.